The van der Waals surface area contributed by atoms with Gasteiger partial charge in [-0.2, -0.15) is 0 Å². The van der Waals surface area contributed by atoms with Crippen LogP contribution in [0.25, 0.3) is 5.65 Å². The topological polar surface area (TPSA) is 49.6 Å². The number of fused-ring (bicyclic) bond motifs is 1. The van der Waals surface area contributed by atoms with E-state index in [1.54, 1.807) is 0 Å². The van der Waals surface area contributed by atoms with Crippen LogP contribution in [0.5, 0.6) is 0 Å². The SMILES string of the molecule is Cc1cc(N2CC[C@@H](NC(=O)Cc3ccc(C4CC4)cc3)C2)cn2ccnc12. The van der Waals surface area contributed by atoms with Gasteiger partial charge in [-0.25, -0.2) is 4.98 Å². The monoisotopic (exact) mass is 374 g/mol. The fourth-order valence-electron chi connectivity index (χ4n) is 4.26. The predicted molar refractivity (Wildman–Crippen MR) is 111 cm³/mol. The van der Waals surface area contributed by atoms with Crippen molar-refractivity contribution >= 4 is 17.2 Å². The maximum Gasteiger partial charge on any atom is 0.224 e. The molecule has 1 N–H and O–H groups in total. The van der Waals surface area contributed by atoms with Crippen LogP contribution in [0.4, 0.5) is 5.69 Å². The van der Waals surface area contributed by atoms with Gasteiger partial charge in [0, 0.05) is 37.7 Å². The molecule has 5 heteroatoms. The van der Waals surface area contributed by atoms with Gasteiger partial charge in [0.15, 0.2) is 0 Å². The number of carbonyl (C=O) groups excluding carboxylic acids is 1. The van der Waals surface area contributed by atoms with E-state index in [1.165, 1.54) is 29.7 Å². The molecule has 0 bridgehead atoms. The van der Waals surface area contributed by atoms with Crippen molar-refractivity contribution in [1.29, 1.82) is 0 Å². The molecular weight excluding hydrogens is 348 g/mol. The average molecular weight is 374 g/mol. The standard InChI is InChI=1S/C23H26N4O/c1-16-12-21(15-27-11-9-24-23(16)27)26-10-8-20(14-26)25-22(28)13-17-2-4-18(5-3-17)19-6-7-19/h2-5,9,11-12,15,19-20H,6-8,10,13-14H2,1H3,(H,25,28)/t20-/m1/s1. The first kappa shape index (κ1) is 17.3. The molecule has 144 valence electrons. The number of benzene rings is 1. The van der Waals surface area contributed by atoms with Gasteiger partial charge in [0.1, 0.15) is 5.65 Å². The van der Waals surface area contributed by atoms with Crippen LogP contribution in [-0.4, -0.2) is 34.4 Å². The molecule has 5 rings (SSSR count). The zero-order valence-electron chi connectivity index (χ0n) is 16.3. The molecule has 1 aliphatic carbocycles. The fraction of sp³-hybridized carbons (Fsp3) is 0.391. The highest BCUT2D eigenvalue weighted by molar-refractivity contribution is 5.79. The summed E-state index contributed by atoms with van der Waals surface area (Å²) in [6, 6.07) is 11.0. The van der Waals surface area contributed by atoms with E-state index in [9.17, 15) is 4.79 Å². The van der Waals surface area contributed by atoms with Crippen molar-refractivity contribution in [2.45, 2.75) is 44.6 Å². The summed E-state index contributed by atoms with van der Waals surface area (Å²) >= 11 is 0. The number of carbonyl (C=O) groups is 1. The smallest absolute Gasteiger partial charge is 0.224 e. The molecule has 3 heterocycles. The average Bonchev–Trinajstić information content (AvgIpc) is 3.23. The molecule has 0 radical (unpaired) electrons. The van der Waals surface area contributed by atoms with Crippen LogP contribution in [0.1, 0.15) is 41.9 Å². The Balaban J connectivity index is 1.19. The Bertz CT molecular complexity index is 1000. The minimum atomic E-state index is 0.118. The number of hydrogen-bond donors (Lipinski definition) is 1. The first-order chi connectivity index (χ1) is 13.7. The van der Waals surface area contributed by atoms with Gasteiger partial charge in [0.05, 0.1) is 12.1 Å². The first-order valence-electron chi connectivity index (χ1n) is 10.2. The zero-order valence-corrected chi connectivity index (χ0v) is 16.3. The van der Waals surface area contributed by atoms with E-state index in [-0.39, 0.29) is 11.9 Å². The van der Waals surface area contributed by atoms with Crippen molar-refractivity contribution in [2.24, 2.45) is 0 Å². The molecule has 28 heavy (non-hydrogen) atoms. The molecule has 1 saturated heterocycles. The second-order valence-electron chi connectivity index (χ2n) is 8.23. The molecule has 0 unspecified atom stereocenters. The van der Waals surface area contributed by atoms with E-state index >= 15 is 0 Å². The van der Waals surface area contributed by atoms with Crippen LogP contribution >= 0.6 is 0 Å². The molecule has 3 aromatic rings. The Morgan fingerprint density at radius 3 is 2.82 bits per heavy atom. The number of pyridine rings is 1. The van der Waals surface area contributed by atoms with Crippen LogP contribution in [0.3, 0.4) is 0 Å². The quantitative estimate of drug-likeness (QED) is 0.744. The number of hydrogen-bond acceptors (Lipinski definition) is 3. The van der Waals surface area contributed by atoms with E-state index in [4.69, 9.17) is 0 Å². The molecule has 2 aliphatic rings. The third-order valence-corrected chi connectivity index (χ3v) is 5.97. The van der Waals surface area contributed by atoms with Gasteiger partial charge in [0.2, 0.25) is 5.91 Å². The lowest BCUT2D eigenvalue weighted by molar-refractivity contribution is -0.121. The predicted octanol–water partition coefficient (Wildman–Crippen LogP) is 3.46. The highest BCUT2D eigenvalue weighted by Gasteiger charge is 2.25. The van der Waals surface area contributed by atoms with Gasteiger partial charge in [0.25, 0.3) is 0 Å². The Morgan fingerprint density at radius 2 is 2.04 bits per heavy atom. The van der Waals surface area contributed by atoms with E-state index in [0.717, 1.165) is 36.6 Å². The van der Waals surface area contributed by atoms with Gasteiger partial charge in [-0.05, 0) is 54.9 Å². The number of nitrogens with zero attached hydrogens (tertiary/aromatic N) is 3. The number of aromatic nitrogens is 2. The summed E-state index contributed by atoms with van der Waals surface area (Å²) < 4.78 is 2.07. The highest BCUT2D eigenvalue weighted by Crippen LogP contribution is 2.39. The molecule has 1 amide bonds. The van der Waals surface area contributed by atoms with Crippen molar-refractivity contribution in [3.8, 4) is 0 Å². The molecule has 5 nitrogen and oxygen atoms in total. The fourth-order valence-corrected chi connectivity index (χ4v) is 4.26. The van der Waals surface area contributed by atoms with Crippen molar-refractivity contribution in [1.82, 2.24) is 14.7 Å². The normalized spacial score (nSPS) is 19.3. The summed E-state index contributed by atoms with van der Waals surface area (Å²) in [5.74, 6) is 0.879. The van der Waals surface area contributed by atoms with E-state index < -0.39 is 0 Å². The maximum absolute atomic E-state index is 12.5. The second kappa shape index (κ2) is 6.97. The Morgan fingerprint density at radius 1 is 1.21 bits per heavy atom. The Labute approximate surface area is 165 Å². The van der Waals surface area contributed by atoms with Crippen LogP contribution in [0.15, 0.2) is 48.9 Å². The first-order valence-corrected chi connectivity index (χ1v) is 10.2. The number of nitrogens with one attached hydrogen (secondary N) is 1. The van der Waals surface area contributed by atoms with Gasteiger partial charge in [-0.3, -0.25) is 4.79 Å². The number of amides is 1. The minimum Gasteiger partial charge on any atom is -0.368 e. The summed E-state index contributed by atoms with van der Waals surface area (Å²) in [6.45, 7) is 3.91. The van der Waals surface area contributed by atoms with Crippen molar-refractivity contribution in [3.63, 3.8) is 0 Å². The number of anilines is 1. The Hall–Kier alpha value is -2.82. The third kappa shape index (κ3) is 3.49. The molecule has 1 atom stereocenters. The van der Waals surface area contributed by atoms with Gasteiger partial charge in [-0.15, -0.1) is 0 Å². The molecule has 1 aliphatic heterocycles. The van der Waals surface area contributed by atoms with Crippen molar-refractivity contribution in [2.75, 3.05) is 18.0 Å². The summed E-state index contributed by atoms with van der Waals surface area (Å²) in [6.07, 6.45) is 10.00. The van der Waals surface area contributed by atoms with Crippen molar-refractivity contribution in [3.05, 3.63) is 65.6 Å². The zero-order chi connectivity index (χ0) is 19.1. The molecule has 2 aromatic heterocycles. The molecule has 1 aromatic carbocycles. The third-order valence-electron chi connectivity index (χ3n) is 5.97. The largest absolute Gasteiger partial charge is 0.368 e. The summed E-state index contributed by atoms with van der Waals surface area (Å²) in [5, 5.41) is 3.22. The van der Waals surface area contributed by atoms with Gasteiger partial charge >= 0.3 is 0 Å². The van der Waals surface area contributed by atoms with E-state index in [0.29, 0.717) is 6.42 Å². The molecule has 1 saturated carbocycles. The summed E-state index contributed by atoms with van der Waals surface area (Å²) in [7, 11) is 0. The van der Waals surface area contributed by atoms with Crippen LogP contribution in [-0.2, 0) is 11.2 Å². The molecular formula is C23H26N4O. The lowest BCUT2D eigenvalue weighted by Crippen LogP contribution is -2.38. The lowest BCUT2D eigenvalue weighted by atomic mass is 10.1. The van der Waals surface area contributed by atoms with Gasteiger partial charge < -0.3 is 14.6 Å². The maximum atomic E-state index is 12.5. The lowest BCUT2D eigenvalue weighted by Gasteiger charge is -2.20. The van der Waals surface area contributed by atoms with Crippen LogP contribution in [0, 0.1) is 6.92 Å². The van der Waals surface area contributed by atoms with Crippen LogP contribution < -0.4 is 10.2 Å². The van der Waals surface area contributed by atoms with Crippen LogP contribution in [0.2, 0.25) is 0 Å². The Kier molecular flexibility index (Phi) is 4.30. The highest BCUT2D eigenvalue weighted by atomic mass is 16.1. The number of rotatable bonds is 5. The summed E-state index contributed by atoms with van der Waals surface area (Å²) in [5.41, 5.74) is 5.87. The second-order valence-corrected chi connectivity index (χ2v) is 8.23. The van der Waals surface area contributed by atoms with Gasteiger partial charge in [-0.1, -0.05) is 24.3 Å². The number of aryl methyl sites for hydroxylation is 1. The van der Waals surface area contributed by atoms with E-state index in [2.05, 4.69) is 63.1 Å². The summed E-state index contributed by atoms with van der Waals surface area (Å²) in [4.78, 5) is 19.2. The van der Waals surface area contributed by atoms with E-state index in [1.807, 2.05) is 12.4 Å². The number of imidazole rings is 1. The minimum absolute atomic E-state index is 0.118. The molecule has 2 fully saturated rings. The molecule has 0 spiro atoms. The van der Waals surface area contributed by atoms with Crippen molar-refractivity contribution < 1.29 is 4.79 Å².